The van der Waals surface area contributed by atoms with E-state index in [0.29, 0.717) is 16.7 Å². The molecule has 0 saturated carbocycles. The number of rotatable bonds is 3. The highest BCUT2D eigenvalue weighted by Gasteiger charge is 2.29. The molecule has 0 aliphatic rings. The molecule has 5 aromatic rings. The van der Waals surface area contributed by atoms with Crippen LogP contribution in [-0.2, 0) is 0 Å². The molecule has 5 aromatic carbocycles. The van der Waals surface area contributed by atoms with E-state index in [4.69, 9.17) is 0 Å². The lowest BCUT2D eigenvalue weighted by atomic mass is 9.79. The topological polar surface area (TPSA) is 80.9 Å². The van der Waals surface area contributed by atoms with Crippen LogP contribution in [0.4, 0.5) is 0 Å². The Morgan fingerprint density at radius 3 is 1.52 bits per heavy atom. The van der Waals surface area contributed by atoms with E-state index in [0.717, 1.165) is 21.5 Å². The molecular formula is C27H20O4. The van der Waals surface area contributed by atoms with Crippen molar-refractivity contribution in [1.82, 2.24) is 0 Å². The summed E-state index contributed by atoms with van der Waals surface area (Å²) in [6.07, 6.45) is 0. The Bertz CT molecular complexity index is 1350. The molecule has 0 saturated heterocycles. The van der Waals surface area contributed by atoms with Crippen molar-refractivity contribution >= 4 is 21.5 Å². The van der Waals surface area contributed by atoms with Gasteiger partial charge in [-0.3, -0.25) is 0 Å². The standard InChI is InChI=1S/C27H20O4/c28-18-11-14-22(29)21(15-18)27(25-19-7-3-1-5-16(19)9-12-23(25)30)26-20-8-4-2-6-17(20)10-13-24(26)31/h1-15,27-31H. The number of hydrogen-bond acceptors (Lipinski definition) is 4. The molecule has 5 rings (SSSR count). The first-order valence-corrected chi connectivity index (χ1v) is 9.97. The summed E-state index contributed by atoms with van der Waals surface area (Å²) in [7, 11) is 0. The minimum absolute atomic E-state index is 0.0164. The Hall–Kier alpha value is -4.18. The molecule has 0 heterocycles. The molecular weight excluding hydrogens is 388 g/mol. The van der Waals surface area contributed by atoms with Crippen LogP contribution in [0.25, 0.3) is 21.5 Å². The van der Waals surface area contributed by atoms with Crippen molar-refractivity contribution in [1.29, 1.82) is 0 Å². The van der Waals surface area contributed by atoms with Crippen molar-refractivity contribution in [3.8, 4) is 23.0 Å². The highest BCUT2D eigenvalue weighted by Crippen LogP contribution is 2.48. The summed E-state index contributed by atoms with van der Waals surface area (Å²) >= 11 is 0. The molecule has 0 radical (unpaired) electrons. The number of phenolic OH excluding ortho intramolecular Hbond substituents is 4. The second kappa shape index (κ2) is 7.26. The predicted octanol–water partition coefficient (Wildman–Crippen LogP) is 6.00. The van der Waals surface area contributed by atoms with Crippen LogP contribution >= 0.6 is 0 Å². The van der Waals surface area contributed by atoms with Gasteiger partial charge in [0, 0.05) is 22.6 Å². The minimum Gasteiger partial charge on any atom is -0.508 e. The van der Waals surface area contributed by atoms with E-state index < -0.39 is 5.92 Å². The normalized spacial score (nSPS) is 11.4. The Morgan fingerprint density at radius 1 is 0.484 bits per heavy atom. The predicted molar refractivity (Wildman–Crippen MR) is 122 cm³/mol. The van der Waals surface area contributed by atoms with Crippen LogP contribution in [0.15, 0.2) is 91.0 Å². The fourth-order valence-corrected chi connectivity index (χ4v) is 4.40. The first-order valence-electron chi connectivity index (χ1n) is 9.97. The first kappa shape index (κ1) is 18.8. The summed E-state index contributed by atoms with van der Waals surface area (Å²) in [6.45, 7) is 0. The number of hydrogen-bond donors (Lipinski definition) is 4. The molecule has 0 aliphatic heterocycles. The van der Waals surface area contributed by atoms with E-state index in [1.165, 1.54) is 18.2 Å². The zero-order valence-corrected chi connectivity index (χ0v) is 16.5. The van der Waals surface area contributed by atoms with Gasteiger partial charge in [-0.25, -0.2) is 0 Å². The highest BCUT2D eigenvalue weighted by molar-refractivity contribution is 5.93. The number of fused-ring (bicyclic) bond motifs is 2. The number of benzene rings is 5. The smallest absolute Gasteiger partial charge is 0.120 e. The molecule has 0 amide bonds. The molecule has 4 heteroatoms. The molecule has 4 nitrogen and oxygen atoms in total. The van der Waals surface area contributed by atoms with E-state index >= 15 is 0 Å². The van der Waals surface area contributed by atoms with Crippen LogP contribution in [0.5, 0.6) is 23.0 Å². The lowest BCUT2D eigenvalue weighted by Crippen LogP contribution is -2.06. The number of phenols is 4. The van der Waals surface area contributed by atoms with Crippen LogP contribution in [0.2, 0.25) is 0 Å². The Balaban J connectivity index is 1.96. The summed E-state index contributed by atoms with van der Waals surface area (Å²) in [5.74, 6) is -0.707. The zero-order valence-electron chi connectivity index (χ0n) is 16.5. The van der Waals surface area contributed by atoms with Crippen molar-refractivity contribution in [3.05, 3.63) is 108 Å². The zero-order chi connectivity index (χ0) is 21.5. The minimum atomic E-state index is -0.732. The third kappa shape index (κ3) is 3.09. The molecule has 0 aromatic heterocycles. The van der Waals surface area contributed by atoms with Gasteiger partial charge in [0.05, 0.1) is 0 Å². The molecule has 0 unspecified atom stereocenters. The third-order valence-electron chi connectivity index (χ3n) is 5.79. The van der Waals surface area contributed by atoms with Crippen molar-refractivity contribution in [2.24, 2.45) is 0 Å². The monoisotopic (exact) mass is 408 g/mol. The molecule has 31 heavy (non-hydrogen) atoms. The maximum absolute atomic E-state index is 11.0. The van der Waals surface area contributed by atoms with Crippen LogP contribution in [0, 0.1) is 0 Å². The van der Waals surface area contributed by atoms with Crippen molar-refractivity contribution in [3.63, 3.8) is 0 Å². The Morgan fingerprint density at radius 2 is 0.968 bits per heavy atom. The second-order valence-corrected chi connectivity index (χ2v) is 7.62. The average molecular weight is 408 g/mol. The van der Waals surface area contributed by atoms with E-state index in [1.807, 2.05) is 60.7 Å². The second-order valence-electron chi connectivity index (χ2n) is 7.62. The van der Waals surface area contributed by atoms with Gasteiger partial charge in [0.2, 0.25) is 0 Å². The van der Waals surface area contributed by atoms with Crippen LogP contribution in [0.3, 0.4) is 0 Å². The van der Waals surface area contributed by atoms with Gasteiger partial charge < -0.3 is 20.4 Å². The van der Waals surface area contributed by atoms with Crippen LogP contribution < -0.4 is 0 Å². The molecule has 152 valence electrons. The number of aromatic hydroxyl groups is 4. The molecule has 0 bridgehead atoms. The van der Waals surface area contributed by atoms with Gasteiger partial charge in [0.25, 0.3) is 0 Å². The van der Waals surface area contributed by atoms with E-state index in [1.54, 1.807) is 12.1 Å². The van der Waals surface area contributed by atoms with Gasteiger partial charge in [0.15, 0.2) is 0 Å². The quantitative estimate of drug-likeness (QED) is 0.218. The summed E-state index contributed by atoms with van der Waals surface area (Å²) < 4.78 is 0. The fraction of sp³-hybridized carbons (Fsp3) is 0.0370. The van der Waals surface area contributed by atoms with Gasteiger partial charge in [-0.1, -0.05) is 60.7 Å². The van der Waals surface area contributed by atoms with Crippen molar-refractivity contribution in [2.45, 2.75) is 5.92 Å². The molecule has 0 fully saturated rings. The van der Waals surface area contributed by atoms with Crippen molar-refractivity contribution in [2.75, 3.05) is 0 Å². The highest BCUT2D eigenvalue weighted by atomic mass is 16.3. The van der Waals surface area contributed by atoms with Gasteiger partial charge in [-0.05, 0) is 51.9 Å². The summed E-state index contributed by atoms with van der Waals surface area (Å²) in [5.41, 5.74) is 1.48. The van der Waals surface area contributed by atoms with Gasteiger partial charge in [-0.15, -0.1) is 0 Å². The van der Waals surface area contributed by atoms with Gasteiger partial charge >= 0.3 is 0 Å². The first-order chi connectivity index (χ1) is 15.0. The summed E-state index contributed by atoms with van der Waals surface area (Å²) in [4.78, 5) is 0. The van der Waals surface area contributed by atoms with E-state index in [2.05, 4.69) is 0 Å². The maximum atomic E-state index is 11.0. The van der Waals surface area contributed by atoms with Gasteiger partial charge in [0.1, 0.15) is 23.0 Å². The largest absolute Gasteiger partial charge is 0.508 e. The Kier molecular flexibility index (Phi) is 4.41. The molecule has 4 N–H and O–H groups in total. The summed E-state index contributed by atoms with van der Waals surface area (Å²) in [6, 6.07) is 26.5. The SMILES string of the molecule is Oc1ccc(O)c(C(c2c(O)ccc3ccccc23)c2c(O)ccc3ccccc23)c1. The summed E-state index contributed by atoms with van der Waals surface area (Å²) in [5, 5.41) is 46.4. The van der Waals surface area contributed by atoms with Crippen LogP contribution in [-0.4, -0.2) is 20.4 Å². The van der Waals surface area contributed by atoms with Crippen molar-refractivity contribution < 1.29 is 20.4 Å². The maximum Gasteiger partial charge on any atom is 0.120 e. The van der Waals surface area contributed by atoms with E-state index in [9.17, 15) is 20.4 Å². The molecule has 0 spiro atoms. The lowest BCUT2D eigenvalue weighted by Gasteiger charge is -2.25. The van der Waals surface area contributed by atoms with E-state index in [-0.39, 0.29) is 23.0 Å². The fourth-order valence-electron chi connectivity index (χ4n) is 4.40. The lowest BCUT2D eigenvalue weighted by molar-refractivity contribution is 0.445. The molecule has 0 atom stereocenters. The molecule has 0 aliphatic carbocycles. The average Bonchev–Trinajstić information content (AvgIpc) is 2.78. The van der Waals surface area contributed by atoms with Gasteiger partial charge in [-0.2, -0.15) is 0 Å². The van der Waals surface area contributed by atoms with Crippen LogP contribution in [0.1, 0.15) is 22.6 Å². The Labute approximate surface area is 178 Å². The third-order valence-corrected chi connectivity index (χ3v) is 5.79.